The Bertz CT molecular complexity index is 273. The lowest BCUT2D eigenvalue weighted by atomic mass is 10.2. The van der Waals surface area contributed by atoms with Gasteiger partial charge in [0.2, 0.25) is 0 Å². The first-order valence-corrected chi connectivity index (χ1v) is 5.00. The fraction of sp³-hybridized carbons (Fsp3) is 0.750. The molecule has 14 heavy (non-hydrogen) atoms. The molecule has 0 aromatic rings. The highest BCUT2D eigenvalue weighted by Crippen LogP contribution is 2.18. The fourth-order valence-electron chi connectivity index (χ4n) is 1.11. The topological polar surface area (TPSA) is 74.8 Å². The van der Waals surface area contributed by atoms with Gasteiger partial charge in [0.15, 0.2) is 5.96 Å². The maximum absolute atomic E-state index is 6.10. The van der Waals surface area contributed by atoms with Crippen LogP contribution in [0.5, 0.6) is 0 Å². The number of nitrogens with two attached hydrogens (primary N) is 1. The molecule has 1 aliphatic rings. The lowest BCUT2D eigenvalue weighted by Crippen LogP contribution is -2.50. The summed E-state index contributed by atoms with van der Waals surface area (Å²) >= 11 is 6.10. The summed E-state index contributed by atoms with van der Waals surface area (Å²) in [5, 5.41) is 4.69. The van der Waals surface area contributed by atoms with Crippen LogP contribution in [-0.2, 0) is 0 Å². The number of guanidine groups is 1. The van der Waals surface area contributed by atoms with Gasteiger partial charge >= 0.3 is 0 Å². The van der Waals surface area contributed by atoms with Crippen molar-refractivity contribution in [3.05, 3.63) is 0 Å². The summed E-state index contributed by atoms with van der Waals surface area (Å²) in [6.07, 6.45) is 0. The first-order chi connectivity index (χ1) is 6.47. The Morgan fingerprint density at radius 2 is 2.21 bits per heavy atom. The van der Waals surface area contributed by atoms with Gasteiger partial charge < -0.3 is 11.1 Å². The largest absolute Gasteiger partial charge is 0.370 e. The summed E-state index contributed by atoms with van der Waals surface area (Å²) in [5.41, 5.74) is 5.60. The molecule has 0 radical (unpaired) electrons. The van der Waals surface area contributed by atoms with E-state index in [-0.39, 0.29) is 5.92 Å². The molecule has 0 saturated carbocycles. The third-order valence-electron chi connectivity index (χ3n) is 1.74. The quantitative estimate of drug-likeness (QED) is 0.474. The van der Waals surface area contributed by atoms with E-state index in [0.29, 0.717) is 12.5 Å². The second kappa shape index (κ2) is 4.14. The first kappa shape index (κ1) is 11.3. The molecule has 1 aliphatic heterocycles. The molecule has 0 spiro atoms. The molecule has 0 amide bonds. The van der Waals surface area contributed by atoms with Crippen molar-refractivity contribution in [2.24, 2.45) is 21.6 Å². The Morgan fingerprint density at radius 3 is 2.71 bits per heavy atom. The second-order valence-corrected chi connectivity index (χ2v) is 3.92. The van der Waals surface area contributed by atoms with E-state index in [9.17, 15) is 0 Å². The maximum Gasteiger partial charge on any atom is 0.289 e. The first-order valence-electron chi connectivity index (χ1n) is 4.63. The van der Waals surface area contributed by atoms with Crippen LogP contribution >= 0.6 is 11.6 Å². The summed E-state index contributed by atoms with van der Waals surface area (Å²) in [6, 6.07) is 0. The third kappa shape index (κ3) is 2.59. The molecule has 0 aromatic heterocycles. The van der Waals surface area contributed by atoms with Gasteiger partial charge in [0.1, 0.15) is 5.84 Å². The molecule has 0 aliphatic carbocycles. The summed E-state index contributed by atoms with van der Waals surface area (Å²) in [6.45, 7) is 6.62. The minimum atomic E-state index is -1.14. The molecular formula is C8H16ClN5. The van der Waals surface area contributed by atoms with Crippen molar-refractivity contribution in [2.75, 3.05) is 6.54 Å². The number of hydrogen-bond acceptors (Lipinski definition) is 5. The lowest BCUT2D eigenvalue weighted by Gasteiger charge is -2.27. The molecule has 0 bridgehead atoms. The molecule has 1 heterocycles. The summed E-state index contributed by atoms with van der Waals surface area (Å²) in [7, 11) is 0. The van der Waals surface area contributed by atoms with Crippen molar-refractivity contribution in [3.63, 3.8) is 0 Å². The molecule has 4 N–H and O–H groups in total. The third-order valence-corrected chi connectivity index (χ3v) is 2.04. The monoisotopic (exact) mass is 217 g/mol. The Kier molecular flexibility index (Phi) is 3.34. The van der Waals surface area contributed by atoms with Crippen LogP contribution in [0.1, 0.15) is 20.8 Å². The summed E-state index contributed by atoms with van der Waals surface area (Å²) in [4.78, 5) is 8.23. The zero-order chi connectivity index (χ0) is 10.8. The van der Waals surface area contributed by atoms with Crippen molar-refractivity contribution in [1.29, 1.82) is 0 Å². The van der Waals surface area contributed by atoms with Gasteiger partial charge in [-0.3, -0.25) is 5.32 Å². The number of rotatable bonds is 3. The Morgan fingerprint density at radius 1 is 1.57 bits per heavy atom. The Labute approximate surface area is 88.8 Å². The van der Waals surface area contributed by atoms with Gasteiger partial charge in [0.05, 0.1) is 0 Å². The molecule has 6 heteroatoms. The number of alkyl halides is 1. The van der Waals surface area contributed by atoms with Crippen molar-refractivity contribution < 1.29 is 0 Å². The minimum Gasteiger partial charge on any atom is -0.370 e. The predicted molar refractivity (Wildman–Crippen MR) is 59.3 cm³/mol. The molecule has 1 atom stereocenters. The number of halogens is 1. The number of amidine groups is 1. The van der Waals surface area contributed by atoms with Gasteiger partial charge in [-0.1, -0.05) is 20.8 Å². The number of hydrogen-bond donors (Lipinski definition) is 3. The van der Waals surface area contributed by atoms with E-state index in [4.69, 9.17) is 17.3 Å². The van der Waals surface area contributed by atoms with Crippen LogP contribution in [0.15, 0.2) is 9.98 Å². The van der Waals surface area contributed by atoms with Gasteiger partial charge in [-0.05, 0) is 18.1 Å². The standard InChI is InChI=1S/C8H16ClN5/c1-4-11-8(9)13-6(5(2)3)12-7(10)14-8/h5,11H,4H2,1-3H3,(H3,10,12,13,14). The number of nitrogens with zero attached hydrogens (tertiary/aromatic N) is 2. The minimum absolute atomic E-state index is 0.237. The van der Waals surface area contributed by atoms with Crippen LogP contribution in [0.2, 0.25) is 0 Å². The average molecular weight is 218 g/mol. The van der Waals surface area contributed by atoms with Crippen molar-refractivity contribution in [2.45, 2.75) is 26.0 Å². The fourth-order valence-corrected chi connectivity index (χ4v) is 1.42. The molecule has 80 valence electrons. The van der Waals surface area contributed by atoms with Gasteiger partial charge in [0, 0.05) is 5.92 Å². The summed E-state index contributed by atoms with van der Waals surface area (Å²) < 4.78 is 0. The molecule has 0 saturated heterocycles. The average Bonchev–Trinajstić information content (AvgIpc) is 2.01. The van der Waals surface area contributed by atoms with E-state index in [0.717, 1.165) is 5.84 Å². The Balaban J connectivity index is 2.89. The maximum atomic E-state index is 6.10. The van der Waals surface area contributed by atoms with Crippen LogP contribution in [0, 0.1) is 5.92 Å². The van der Waals surface area contributed by atoms with Gasteiger partial charge in [-0.2, -0.15) is 4.99 Å². The van der Waals surface area contributed by atoms with Gasteiger partial charge in [-0.25, -0.2) is 4.99 Å². The van der Waals surface area contributed by atoms with Crippen molar-refractivity contribution >= 4 is 23.4 Å². The second-order valence-electron chi connectivity index (χ2n) is 3.39. The molecule has 0 aromatic carbocycles. The molecule has 0 fully saturated rings. The van der Waals surface area contributed by atoms with Crippen LogP contribution in [0.25, 0.3) is 0 Å². The zero-order valence-electron chi connectivity index (χ0n) is 8.63. The van der Waals surface area contributed by atoms with E-state index >= 15 is 0 Å². The van der Waals surface area contributed by atoms with Crippen LogP contribution in [-0.4, -0.2) is 23.6 Å². The van der Waals surface area contributed by atoms with Gasteiger partial charge in [-0.15, -0.1) is 0 Å². The highest BCUT2D eigenvalue weighted by atomic mass is 35.5. The molecule has 5 nitrogen and oxygen atoms in total. The van der Waals surface area contributed by atoms with E-state index in [1.54, 1.807) is 0 Å². The lowest BCUT2D eigenvalue weighted by molar-refractivity contribution is 0.494. The highest BCUT2D eigenvalue weighted by molar-refractivity contribution is 6.25. The number of nitrogens with one attached hydrogen (secondary N) is 2. The van der Waals surface area contributed by atoms with Gasteiger partial charge in [0.25, 0.3) is 5.25 Å². The van der Waals surface area contributed by atoms with E-state index < -0.39 is 5.25 Å². The van der Waals surface area contributed by atoms with Crippen molar-refractivity contribution in [3.8, 4) is 0 Å². The smallest absolute Gasteiger partial charge is 0.289 e. The van der Waals surface area contributed by atoms with Crippen LogP contribution in [0.4, 0.5) is 0 Å². The normalized spacial score (nSPS) is 26.9. The summed E-state index contributed by atoms with van der Waals surface area (Å²) in [5.74, 6) is 1.27. The molecular weight excluding hydrogens is 202 g/mol. The molecule has 1 unspecified atom stereocenters. The van der Waals surface area contributed by atoms with E-state index in [1.807, 2.05) is 20.8 Å². The van der Waals surface area contributed by atoms with E-state index in [1.165, 1.54) is 0 Å². The van der Waals surface area contributed by atoms with Crippen LogP contribution in [0.3, 0.4) is 0 Å². The predicted octanol–water partition coefficient (Wildman–Crippen LogP) is 0.418. The van der Waals surface area contributed by atoms with Crippen molar-refractivity contribution in [1.82, 2.24) is 10.6 Å². The SMILES string of the molecule is CCNC1(Cl)N=C(N)NC(C(C)C)=N1. The van der Waals surface area contributed by atoms with E-state index in [2.05, 4.69) is 20.6 Å². The highest BCUT2D eigenvalue weighted by Gasteiger charge is 2.29. The van der Waals surface area contributed by atoms with Crippen LogP contribution < -0.4 is 16.4 Å². The molecule has 1 rings (SSSR count). The zero-order valence-corrected chi connectivity index (χ0v) is 9.39. The number of aliphatic imine (C=N–C) groups is 2. The Hall–Kier alpha value is -0.810.